The molecule has 0 aliphatic rings. The number of hydrogen-bond donors (Lipinski definition) is 3. The number of carboxylic acids is 1. The largest absolute Gasteiger partial charge is 0.479 e. The lowest BCUT2D eigenvalue weighted by Crippen LogP contribution is -2.61. The highest BCUT2D eigenvalue weighted by atomic mass is 79.9. The van der Waals surface area contributed by atoms with Gasteiger partial charge in [-0.2, -0.15) is 13.2 Å². The monoisotopic (exact) mass is 354 g/mol. The van der Waals surface area contributed by atoms with E-state index in [-0.39, 0.29) is 11.3 Å². The van der Waals surface area contributed by atoms with Gasteiger partial charge in [-0.25, -0.2) is 4.79 Å². The highest BCUT2D eigenvalue weighted by Gasteiger charge is 2.58. The van der Waals surface area contributed by atoms with Crippen LogP contribution in [0.1, 0.15) is 17.3 Å². The van der Waals surface area contributed by atoms with Crippen molar-refractivity contribution in [2.24, 2.45) is 0 Å². The second-order valence-electron chi connectivity index (χ2n) is 4.11. The molecule has 5 nitrogen and oxygen atoms in total. The van der Waals surface area contributed by atoms with Gasteiger partial charge in [0.1, 0.15) is 0 Å². The fourth-order valence-corrected chi connectivity index (χ4v) is 1.66. The zero-order valence-corrected chi connectivity index (χ0v) is 11.7. The smallest absolute Gasteiger partial charge is 0.422 e. The number of nitrogens with two attached hydrogens (primary N) is 1. The zero-order chi connectivity index (χ0) is 15.7. The molecule has 0 fully saturated rings. The average molecular weight is 355 g/mol. The molecule has 20 heavy (non-hydrogen) atoms. The molecule has 0 aliphatic carbocycles. The first-order valence-electron chi connectivity index (χ1n) is 5.16. The molecule has 1 unspecified atom stereocenters. The van der Waals surface area contributed by atoms with Crippen molar-refractivity contribution < 1.29 is 27.9 Å². The normalized spacial score (nSPS) is 14.4. The molecule has 1 aromatic carbocycles. The Bertz CT molecular complexity index is 562. The van der Waals surface area contributed by atoms with E-state index >= 15 is 0 Å². The Hall–Kier alpha value is -1.77. The lowest BCUT2D eigenvalue weighted by atomic mass is 10.0. The number of halogens is 4. The lowest BCUT2D eigenvalue weighted by Gasteiger charge is -2.28. The van der Waals surface area contributed by atoms with Gasteiger partial charge in [-0.15, -0.1) is 0 Å². The highest BCUT2D eigenvalue weighted by molar-refractivity contribution is 9.10. The van der Waals surface area contributed by atoms with Crippen LogP contribution in [-0.2, 0) is 4.79 Å². The van der Waals surface area contributed by atoms with Gasteiger partial charge in [-0.3, -0.25) is 4.79 Å². The van der Waals surface area contributed by atoms with E-state index in [1.165, 1.54) is 23.5 Å². The maximum Gasteiger partial charge on any atom is 0.422 e. The molecule has 0 saturated heterocycles. The summed E-state index contributed by atoms with van der Waals surface area (Å²) < 4.78 is 38.8. The molecule has 0 saturated carbocycles. The summed E-state index contributed by atoms with van der Waals surface area (Å²) in [6, 6.07) is 3.91. The molecule has 1 rings (SSSR count). The number of carbonyl (C=O) groups is 2. The van der Waals surface area contributed by atoms with Crippen molar-refractivity contribution in [2.45, 2.75) is 18.6 Å². The molecule has 1 atom stereocenters. The Balaban J connectivity index is 3.13. The Labute approximate surface area is 120 Å². The van der Waals surface area contributed by atoms with Gasteiger partial charge in [0.2, 0.25) is 5.54 Å². The minimum Gasteiger partial charge on any atom is -0.479 e. The molecule has 9 heteroatoms. The van der Waals surface area contributed by atoms with Crippen LogP contribution in [0.3, 0.4) is 0 Å². The van der Waals surface area contributed by atoms with E-state index in [1.807, 2.05) is 0 Å². The van der Waals surface area contributed by atoms with Crippen LogP contribution >= 0.6 is 15.9 Å². The first-order valence-corrected chi connectivity index (χ1v) is 5.96. The number of hydrogen-bond acceptors (Lipinski definition) is 3. The van der Waals surface area contributed by atoms with Crippen molar-refractivity contribution in [1.82, 2.24) is 5.32 Å². The summed E-state index contributed by atoms with van der Waals surface area (Å²) in [6.45, 7) is 0.363. The van der Waals surface area contributed by atoms with E-state index in [1.54, 1.807) is 0 Å². The Morgan fingerprint density at radius 3 is 2.30 bits per heavy atom. The number of carboxylic acid groups (broad SMARTS) is 1. The Morgan fingerprint density at radius 2 is 1.90 bits per heavy atom. The van der Waals surface area contributed by atoms with Gasteiger partial charge < -0.3 is 16.2 Å². The van der Waals surface area contributed by atoms with Crippen molar-refractivity contribution in [3.05, 3.63) is 28.2 Å². The number of rotatable bonds is 3. The average Bonchev–Trinajstić information content (AvgIpc) is 2.26. The minimum atomic E-state index is -5.15. The second kappa shape index (κ2) is 5.31. The van der Waals surface area contributed by atoms with Crippen LogP contribution in [-0.4, -0.2) is 28.7 Å². The standard InChI is InChI=1S/C11H10BrF3N2O3/c1-10(9(19)20,11(13,14)15)17-8(18)6-3-2-5(12)4-7(6)16/h2-4H,16H2,1H3,(H,17,18)(H,19,20). The zero-order valence-electron chi connectivity index (χ0n) is 10.1. The van der Waals surface area contributed by atoms with Gasteiger partial charge in [0, 0.05) is 10.2 Å². The number of alkyl halides is 3. The number of nitrogen functional groups attached to an aromatic ring is 1. The van der Waals surface area contributed by atoms with Crippen LogP contribution in [0.4, 0.5) is 18.9 Å². The minimum absolute atomic E-state index is 0.0770. The molecule has 4 N–H and O–H groups in total. The number of amides is 1. The van der Waals surface area contributed by atoms with Crippen LogP contribution in [0, 0.1) is 0 Å². The van der Waals surface area contributed by atoms with Gasteiger partial charge in [0.25, 0.3) is 5.91 Å². The maximum absolute atomic E-state index is 12.8. The molecule has 0 heterocycles. The van der Waals surface area contributed by atoms with E-state index in [0.717, 1.165) is 0 Å². The van der Waals surface area contributed by atoms with Crippen LogP contribution in [0.2, 0.25) is 0 Å². The summed E-state index contributed by atoms with van der Waals surface area (Å²) in [4.78, 5) is 22.6. The highest BCUT2D eigenvalue weighted by Crippen LogP contribution is 2.31. The topological polar surface area (TPSA) is 92.4 Å². The maximum atomic E-state index is 12.8. The molecule has 1 amide bonds. The van der Waals surface area contributed by atoms with E-state index in [9.17, 15) is 22.8 Å². The van der Waals surface area contributed by atoms with Crippen molar-refractivity contribution in [2.75, 3.05) is 5.73 Å². The molecule has 1 aromatic rings. The lowest BCUT2D eigenvalue weighted by molar-refractivity contribution is -0.203. The molecular weight excluding hydrogens is 345 g/mol. The van der Waals surface area contributed by atoms with Crippen molar-refractivity contribution in [3.63, 3.8) is 0 Å². The van der Waals surface area contributed by atoms with E-state index in [2.05, 4.69) is 15.9 Å². The second-order valence-corrected chi connectivity index (χ2v) is 5.03. The number of aliphatic carboxylic acids is 1. The fourth-order valence-electron chi connectivity index (χ4n) is 1.28. The summed E-state index contributed by atoms with van der Waals surface area (Å²) in [5.41, 5.74) is 1.79. The van der Waals surface area contributed by atoms with Crippen molar-refractivity contribution in [3.8, 4) is 0 Å². The number of benzene rings is 1. The Morgan fingerprint density at radius 1 is 1.35 bits per heavy atom. The quantitative estimate of drug-likeness (QED) is 0.725. The summed E-state index contributed by atoms with van der Waals surface area (Å²) in [6.07, 6.45) is -5.15. The Kier molecular flexibility index (Phi) is 4.33. The van der Waals surface area contributed by atoms with Crippen LogP contribution in [0.15, 0.2) is 22.7 Å². The van der Waals surface area contributed by atoms with E-state index < -0.39 is 23.6 Å². The van der Waals surface area contributed by atoms with Crippen molar-refractivity contribution in [1.29, 1.82) is 0 Å². The van der Waals surface area contributed by atoms with Gasteiger partial charge in [0.05, 0.1) is 5.56 Å². The van der Waals surface area contributed by atoms with Gasteiger partial charge >= 0.3 is 12.1 Å². The van der Waals surface area contributed by atoms with Crippen LogP contribution in [0.25, 0.3) is 0 Å². The van der Waals surface area contributed by atoms with E-state index in [0.29, 0.717) is 11.4 Å². The third kappa shape index (κ3) is 3.03. The van der Waals surface area contributed by atoms with Crippen LogP contribution < -0.4 is 11.1 Å². The molecule has 0 aliphatic heterocycles. The molecule has 0 spiro atoms. The molecule has 0 radical (unpaired) electrons. The predicted octanol–water partition coefficient (Wildman–Crippen LogP) is 2.17. The van der Waals surface area contributed by atoms with Gasteiger partial charge in [-0.1, -0.05) is 15.9 Å². The first-order chi connectivity index (χ1) is 8.99. The SMILES string of the molecule is CC(NC(=O)c1ccc(Br)cc1N)(C(=O)O)C(F)(F)F. The first kappa shape index (κ1) is 16.3. The van der Waals surface area contributed by atoms with Gasteiger partial charge in [0.15, 0.2) is 0 Å². The van der Waals surface area contributed by atoms with Gasteiger partial charge in [-0.05, 0) is 25.1 Å². The molecular formula is C11H10BrF3N2O3. The summed E-state index contributed by atoms with van der Waals surface area (Å²) in [7, 11) is 0. The van der Waals surface area contributed by atoms with Crippen molar-refractivity contribution >= 4 is 33.5 Å². The number of carbonyl (C=O) groups excluding carboxylic acids is 1. The number of anilines is 1. The number of nitrogens with one attached hydrogen (secondary N) is 1. The summed E-state index contributed by atoms with van der Waals surface area (Å²) in [5.74, 6) is -3.44. The third-order valence-corrected chi connectivity index (χ3v) is 3.11. The molecule has 0 bridgehead atoms. The molecule has 0 aromatic heterocycles. The third-order valence-electron chi connectivity index (χ3n) is 2.62. The summed E-state index contributed by atoms with van der Waals surface area (Å²) >= 11 is 3.08. The predicted molar refractivity (Wildman–Crippen MR) is 68.1 cm³/mol. The fraction of sp³-hybridized carbons (Fsp3) is 0.273. The van der Waals surface area contributed by atoms with Crippen LogP contribution in [0.5, 0.6) is 0 Å². The van der Waals surface area contributed by atoms with E-state index in [4.69, 9.17) is 10.8 Å². The molecule has 110 valence electrons. The summed E-state index contributed by atoms with van der Waals surface area (Å²) in [5, 5.41) is 10.2.